The molecule has 3 unspecified atom stereocenters. The van der Waals surface area contributed by atoms with Gasteiger partial charge in [0.25, 0.3) is 0 Å². The lowest BCUT2D eigenvalue weighted by Crippen LogP contribution is -3.00. The van der Waals surface area contributed by atoms with Crippen LogP contribution in [0.25, 0.3) is 0 Å². The fourth-order valence-corrected chi connectivity index (χ4v) is 13.2. The van der Waals surface area contributed by atoms with Gasteiger partial charge in [-0.05, 0) is 25.7 Å². The van der Waals surface area contributed by atoms with E-state index in [4.69, 9.17) is 61.9 Å². The minimum Gasteiger partial charge on any atom is -1.00 e. The topological polar surface area (TPSA) is 217 Å². The molecule has 488 valence electrons. The summed E-state index contributed by atoms with van der Waals surface area (Å²) in [6.07, 6.45) is 46.5. The van der Waals surface area contributed by atoms with Gasteiger partial charge in [-0.3, -0.25) is 0 Å². The van der Waals surface area contributed by atoms with Gasteiger partial charge in [-0.2, -0.15) is 0 Å². The molecule has 16 nitrogen and oxygen atoms in total. The molecular weight excluding hydrogens is 1100 g/mol. The Kier molecular flexibility index (Phi) is 66.2. The van der Waals surface area contributed by atoms with Crippen LogP contribution in [0.15, 0.2) is 0 Å². The number of aliphatic hydroxyl groups excluding tert-OH is 3. The summed E-state index contributed by atoms with van der Waals surface area (Å²) < 4.78 is 41.9. The van der Waals surface area contributed by atoms with E-state index in [1.165, 1.54) is 212 Å². The molecule has 0 aromatic rings. The third kappa shape index (κ3) is 60.1. The van der Waals surface area contributed by atoms with E-state index >= 15 is 0 Å². The van der Waals surface area contributed by atoms with Gasteiger partial charge in [-0.25, -0.2) is 0 Å². The highest BCUT2D eigenvalue weighted by molar-refractivity contribution is 6.60. The number of hydrogen-bond donors (Lipinski definition) is 6. The molecule has 2 fully saturated rings. The number of nitrogens with zero attached hydrogens (tertiary/aromatic N) is 2. The molecule has 2 rings (SSSR count). The van der Waals surface area contributed by atoms with E-state index in [0.717, 1.165) is 41.1 Å². The maximum absolute atomic E-state index is 9.08. The molecule has 3 atom stereocenters. The Hall–Kier alpha value is 0.374. The number of quaternary nitrogens is 2. The van der Waals surface area contributed by atoms with Crippen molar-refractivity contribution < 1.29 is 101 Å². The standard InChI is InChI=1S/C30H62NO5Si.C23H52NO3Si.C7H16O5.2ClH.H2O/c1-4-5-6-7-8-9-10-11-12-13-14-15-16-17-18-19-21-31(2,3)22-20-27-37-34-25-23-32-28-30(29-36-37)33-24-26-35-37;1-4-5-6-7-8-9-10-11-12-13-14-15-16-17-18-19-21-24(2,3)22-20-23-28(25,26)27;8-1-3-11-6-7(5-10)12-4-2-9;;;/h30H,4-29H2,1-3H3;25-27H,4-23H2,1-3H3;7-10H,1-6H2;2*1H;1H2/q2*+1;;;;/p-2. The Balaban J connectivity index is -0.000000595. The number of aliphatic hydroxyl groups is 3. The van der Waals surface area contributed by atoms with Gasteiger partial charge in [0.1, 0.15) is 12.2 Å². The molecule has 2 heterocycles. The summed E-state index contributed by atoms with van der Waals surface area (Å²) in [5.41, 5.74) is 0. The second kappa shape index (κ2) is 61.0. The summed E-state index contributed by atoms with van der Waals surface area (Å²) in [4.78, 5) is 27.2. The van der Waals surface area contributed by atoms with Gasteiger partial charge >= 0.3 is 17.6 Å². The lowest BCUT2D eigenvalue weighted by Gasteiger charge is -2.34. The van der Waals surface area contributed by atoms with Crippen LogP contribution >= 0.6 is 0 Å². The van der Waals surface area contributed by atoms with E-state index in [0.29, 0.717) is 46.1 Å². The van der Waals surface area contributed by atoms with Crippen molar-refractivity contribution in [2.24, 2.45) is 0 Å². The third-order valence-corrected chi connectivity index (χ3v) is 18.9. The van der Waals surface area contributed by atoms with Crippen molar-refractivity contribution >= 4 is 17.6 Å². The zero-order valence-corrected chi connectivity index (χ0v) is 56.1. The molecule has 80 heavy (non-hydrogen) atoms. The summed E-state index contributed by atoms with van der Waals surface area (Å²) in [5, 5.41) is 25.5. The molecule has 0 amide bonds. The van der Waals surface area contributed by atoms with Crippen molar-refractivity contribution in [1.82, 2.24) is 0 Å². The van der Waals surface area contributed by atoms with Gasteiger partial charge < -0.3 is 101 Å². The second-order valence-electron chi connectivity index (χ2n) is 23.8. The molecule has 0 saturated carbocycles. The van der Waals surface area contributed by atoms with Crippen LogP contribution < -0.4 is 24.8 Å². The van der Waals surface area contributed by atoms with Crippen molar-refractivity contribution in [1.29, 1.82) is 0 Å². The van der Waals surface area contributed by atoms with Crippen LogP contribution in [0.5, 0.6) is 0 Å². The van der Waals surface area contributed by atoms with Crippen molar-refractivity contribution in [3.05, 3.63) is 0 Å². The second-order valence-corrected chi connectivity index (χ2v) is 28.6. The van der Waals surface area contributed by atoms with Gasteiger partial charge in [-0.1, -0.05) is 194 Å². The van der Waals surface area contributed by atoms with Crippen LogP contribution in [0.4, 0.5) is 0 Å². The van der Waals surface area contributed by atoms with Gasteiger partial charge in [0.05, 0.1) is 134 Å². The molecule has 0 aromatic heterocycles. The van der Waals surface area contributed by atoms with Crippen LogP contribution in [-0.2, 0) is 32.2 Å². The predicted octanol–water partition coefficient (Wildman–Crippen LogP) is 4.31. The Morgan fingerprint density at radius 2 is 0.850 bits per heavy atom. The quantitative estimate of drug-likeness (QED) is 0.0285. The van der Waals surface area contributed by atoms with Crippen molar-refractivity contribution in [3.8, 4) is 0 Å². The van der Waals surface area contributed by atoms with Crippen LogP contribution in [0.1, 0.15) is 232 Å². The summed E-state index contributed by atoms with van der Waals surface area (Å²) in [6, 6.07) is 1.05. The minimum atomic E-state index is -3.84. The first-order valence-corrected chi connectivity index (χ1v) is 36.1. The fourth-order valence-electron chi connectivity index (χ4n) is 10.1. The van der Waals surface area contributed by atoms with Crippen molar-refractivity contribution in [3.63, 3.8) is 0 Å². The van der Waals surface area contributed by atoms with E-state index < -0.39 is 23.7 Å². The van der Waals surface area contributed by atoms with Gasteiger partial charge in [0, 0.05) is 24.9 Å². The van der Waals surface area contributed by atoms with Crippen LogP contribution in [0.2, 0.25) is 12.1 Å². The average molecular weight is 1230 g/mol. The normalized spacial score (nSPS) is 17.2. The summed E-state index contributed by atoms with van der Waals surface area (Å²) in [5.74, 6) is 0. The third-order valence-electron chi connectivity index (χ3n) is 15.0. The van der Waals surface area contributed by atoms with Gasteiger partial charge in [-0.15, -0.1) is 0 Å². The summed E-state index contributed by atoms with van der Waals surface area (Å²) in [6.45, 7) is 12.8. The van der Waals surface area contributed by atoms with E-state index in [1.54, 1.807) is 0 Å². The Morgan fingerprint density at radius 1 is 0.475 bits per heavy atom. The Labute approximate surface area is 506 Å². The van der Waals surface area contributed by atoms with Gasteiger partial charge in [0.2, 0.25) is 0 Å². The number of hydrogen-bond acceptors (Lipinski definition) is 13. The molecular formula is C60H132Cl2N2O14Si2. The first kappa shape index (κ1) is 86.8. The number of halogens is 2. The van der Waals surface area contributed by atoms with E-state index in [1.807, 2.05) is 0 Å². The SMILES string of the molecule is CCCCCCCCCCCCCCCCCC[N+](C)(C)CCC[Si](O)(O)O.CCCCCCCCCCCCCCCCCC[N+](C)(C)CCC[Si]12OCCOCC(CO1)OCCO2.O.OCCOCC(CO)OCCO.[Cl-].[Cl-]. The van der Waals surface area contributed by atoms with Crippen molar-refractivity contribution in [2.75, 3.05) is 134 Å². The first-order valence-electron chi connectivity index (χ1n) is 32.1. The number of ether oxygens (including phenoxy) is 4. The molecule has 2 aliphatic heterocycles. The summed E-state index contributed by atoms with van der Waals surface area (Å²) in [7, 11) is 2.65. The van der Waals surface area contributed by atoms with E-state index in [9.17, 15) is 0 Å². The molecule has 0 aliphatic carbocycles. The molecule has 8 N–H and O–H groups in total. The van der Waals surface area contributed by atoms with Crippen LogP contribution in [-0.4, -0.2) is 208 Å². The monoisotopic (exact) mass is 1230 g/mol. The summed E-state index contributed by atoms with van der Waals surface area (Å²) >= 11 is 0. The first-order chi connectivity index (χ1) is 37.2. The lowest BCUT2D eigenvalue weighted by molar-refractivity contribution is -0.890. The highest BCUT2D eigenvalue weighted by Crippen LogP contribution is 2.24. The van der Waals surface area contributed by atoms with E-state index in [2.05, 4.69) is 42.0 Å². The number of unbranched alkanes of at least 4 members (excludes halogenated alkanes) is 30. The maximum Gasteiger partial charge on any atom is 0.501 e. The highest BCUT2D eigenvalue weighted by atomic mass is 35.5. The Morgan fingerprint density at radius 3 is 1.24 bits per heavy atom. The minimum absolute atomic E-state index is 0. The number of rotatable bonds is 50. The molecule has 2 bridgehead atoms. The molecule has 20 heteroatoms. The zero-order chi connectivity index (χ0) is 56.9. The van der Waals surface area contributed by atoms with E-state index in [-0.39, 0.29) is 82.1 Å². The zero-order valence-electron chi connectivity index (χ0n) is 52.6. The molecule has 0 radical (unpaired) electrons. The van der Waals surface area contributed by atoms with Crippen LogP contribution in [0, 0.1) is 0 Å². The molecule has 2 aliphatic rings. The smallest absolute Gasteiger partial charge is 0.501 e. The molecule has 0 aromatic carbocycles. The largest absolute Gasteiger partial charge is 1.00 e. The van der Waals surface area contributed by atoms with Crippen LogP contribution in [0.3, 0.4) is 0 Å². The number of fused-ring (bicyclic) bond motifs is 3. The van der Waals surface area contributed by atoms with Crippen molar-refractivity contribution in [2.45, 2.75) is 256 Å². The highest BCUT2D eigenvalue weighted by Gasteiger charge is 2.44. The molecule has 2 saturated heterocycles. The maximum atomic E-state index is 9.08. The predicted molar refractivity (Wildman–Crippen MR) is 324 cm³/mol. The molecule has 0 spiro atoms. The van der Waals surface area contributed by atoms with Gasteiger partial charge in [0.15, 0.2) is 0 Å². The lowest BCUT2D eigenvalue weighted by atomic mass is 10.0. The fraction of sp³-hybridized carbons (Fsp3) is 1.00. The average Bonchev–Trinajstić information content (AvgIpc) is 3.45. The Bertz CT molecular complexity index is 1230.